The molecular weight excluding hydrogens is 434 g/mol. The van der Waals surface area contributed by atoms with Crippen molar-refractivity contribution in [1.29, 1.82) is 0 Å². The molecule has 0 radical (unpaired) electrons. The summed E-state index contributed by atoms with van der Waals surface area (Å²) in [5.74, 6) is -1.61. The molecule has 0 unspecified atom stereocenters. The minimum absolute atomic E-state index is 0.147. The van der Waals surface area contributed by atoms with Crippen LogP contribution in [0.5, 0.6) is 5.75 Å². The average molecular weight is 470 g/mol. The number of H-pyrrole nitrogens is 1. The van der Waals surface area contributed by atoms with Crippen molar-refractivity contribution in [3.05, 3.63) is 53.9 Å². The number of ether oxygens (including phenoxy) is 1. The van der Waals surface area contributed by atoms with E-state index < -0.39 is 23.8 Å². The Morgan fingerprint density at radius 1 is 1.15 bits per heavy atom. The highest BCUT2D eigenvalue weighted by Gasteiger charge is 2.36. The summed E-state index contributed by atoms with van der Waals surface area (Å²) in [6, 6.07) is 10.2. The SMILES string of the molecule is CC(C)C[C@H]1C(=O)N[C@H](C(=O)c2ccc[nH]2)Cc2ccc(cc2)OCCCCC[C@@H]1C(=O)NO. The lowest BCUT2D eigenvalue weighted by atomic mass is 9.80. The summed E-state index contributed by atoms with van der Waals surface area (Å²) in [5, 5.41) is 12.3. The molecule has 2 aromatic rings. The van der Waals surface area contributed by atoms with E-state index in [1.807, 2.05) is 38.1 Å². The van der Waals surface area contributed by atoms with Crippen molar-refractivity contribution in [2.24, 2.45) is 17.8 Å². The molecule has 0 spiro atoms. The zero-order valence-corrected chi connectivity index (χ0v) is 19.9. The number of benzene rings is 1. The Balaban J connectivity index is 1.95. The average Bonchev–Trinajstić information content (AvgIpc) is 3.36. The van der Waals surface area contributed by atoms with Crippen LogP contribution in [0.25, 0.3) is 0 Å². The quantitative estimate of drug-likeness (QED) is 0.303. The lowest BCUT2D eigenvalue weighted by molar-refractivity contribution is -0.141. The number of fused-ring (bicyclic) bond motifs is 13. The fourth-order valence-electron chi connectivity index (χ4n) is 4.51. The van der Waals surface area contributed by atoms with Gasteiger partial charge >= 0.3 is 0 Å². The van der Waals surface area contributed by atoms with Gasteiger partial charge in [-0.05, 0) is 55.0 Å². The van der Waals surface area contributed by atoms with E-state index in [2.05, 4.69) is 10.3 Å². The van der Waals surface area contributed by atoms with Crippen molar-refractivity contribution in [1.82, 2.24) is 15.8 Å². The Bertz CT molecular complexity index is 940. The third-order valence-corrected chi connectivity index (χ3v) is 6.28. The van der Waals surface area contributed by atoms with E-state index in [4.69, 9.17) is 4.74 Å². The van der Waals surface area contributed by atoms with Gasteiger partial charge in [0.2, 0.25) is 17.6 Å². The highest BCUT2D eigenvalue weighted by molar-refractivity contribution is 6.01. The zero-order chi connectivity index (χ0) is 24.5. The number of amides is 2. The van der Waals surface area contributed by atoms with E-state index in [-0.39, 0.29) is 17.6 Å². The van der Waals surface area contributed by atoms with Crippen LogP contribution in [0.2, 0.25) is 0 Å². The molecule has 4 rings (SSSR count). The lowest BCUT2D eigenvalue weighted by Gasteiger charge is -2.28. The predicted molar refractivity (Wildman–Crippen MR) is 128 cm³/mol. The summed E-state index contributed by atoms with van der Waals surface area (Å²) in [7, 11) is 0. The van der Waals surface area contributed by atoms with Crippen LogP contribution in [0, 0.1) is 17.8 Å². The third kappa shape index (κ3) is 6.93. The van der Waals surface area contributed by atoms with Crippen LogP contribution in [0.15, 0.2) is 42.6 Å². The number of hydroxylamine groups is 1. The van der Waals surface area contributed by atoms with Gasteiger partial charge in [-0.2, -0.15) is 0 Å². The molecule has 3 heterocycles. The van der Waals surface area contributed by atoms with Crippen molar-refractivity contribution in [2.75, 3.05) is 6.61 Å². The first-order chi connectivity index (χ1) is 16.4. The normalized spacial score (nSPS) is 22.1. The van der Waals surface area contributed by atoms with Gasteiger partial charge < -0.3 is 15.0 Å². The topological polar surface area (TPSA) is 121 Å². The van der Waals surface area contributed by atoms with Crippen LogP contribution >= 0.6 is 0 Å². The minimum Gasteiger partial charge on any atom is -0.494 e. The summed E-state index contributed by atoms with van der Waals surface area (Å²) in [5.41, 5.74) is 3.04. The molecule has 1 aromatic heterocycles. The molecule has 8 heteroatoms. The minimum atomic E-state index is -0.807. The molecular formula is C26H35N3O5. The third-order valence-electron chi connectivity index (χ3n) is 6.28. The van der Waals surface area contributed by atoms with Crippen LogP contribution in [0.1, 0.15) is 62.0 Å². The van der Waals surface area contributed by atoms with E-state index in [9.17, 15) is 19.6 Å². The predicted octanol–water partition coefficient (Wildman–Crippen LogP) is 3.66. The molecule has 8 nitrogen and oxygen atoms in total. The van der Waals surface area contributed by atoms with Gasteiger partial charge in [0.15, 0.2) is 0 Å². The van der Waals surface area contributed by atoms with Gasteiger partial charge in [0, 0.05) is 18.5 Å². The van der Waals surface area contributed by atoms with Crippen molar-refractivity contribution >= 4 is 17.6 Å². The summed E-state index contributed by atoms with van der Waals surface area (Å²) in [6.07, 6.45) is 5.26. The van der Waals surface area contributed by atoms with Crippen molar-refractivity contribution < 1.29 is 24.3 Å². The van der Waals surface area contributed by atoms with Crippen LogP contribution in [-0.2, 0) is 16.0 Å². The number of nitrogens with one attached hydrogen (secondary N) is 3. The van der Waals surface area contributed by atoms with Crippen LogP contribution in [0.4, 0.5) is 0 Å². The number of Topliss-reactive ketones (excluding diaryl/α,β-unsaturated/α-hetero) is 1. The second kappa shape index (κ2) is 12.4. The maximum atomic E-state index is 13.6. The van der Waals surface area contributed by atoms with E-state index in [0.29, 0.717) is 38.0 Å². The summed E-state index contributed by atoms with van der Waals surface area (Å²) in [4.78, 5) is 42.3. The Hall–Kier alpha value is -3.13. The fourth-order valence-corrected chi connectivity index (χ4v) is 4.51. The summed E-state index contributed by atoms with van der Waals surface area (Å²) in [6.45, 7) is 4.53. The number of hydrogen-bond acceptors (Lipinski definition) is 5. The molecule has 184 valence electrons. The van der Waals surface area contributed by atoms with E-state index in [0.717, 1.165) is 24.2 Å². The second-order valence-electron chi connectivity index (χ2n) is 9.37. The largest absolute Gasteiger partial charge is 0.494 e. The number of rotatable bonds is 5. The molecule has 2 bridgehead atoms. The smallest absolute Gasteiger partial charge is 0.247 e. The number of hydrogen-bond donors (Lipinski definition) is 4. The molecule has 2 amide bonds. The van der Waals surface area contributed by atoms with Gasteiger partial charge in [-0.3, -0.25) is 19.6 Å². The highest BCUT2D eigenvalue weighted by atomic mass is 16.5. The van der Waals surface area contributed by atoms with Gasteiger partial charge in [-0.1, -0.05) is 38.8 Å². The summed E-state index contributed by atoms with van der Waals surface area (Å²) < 4.78 is 5.82. The molecule has 2 aliphatic heterocycles. The highest BCUT2D eigenvalue weighted by Crippen LogP contribution is 2.27. The standard InChI is InChI=1S/C26H35N3O5/c1-17(2)15-21-20(26(32)29-33)7-4-3-5-14-34-19-11-9-18(10-12-19)16-23(28-25(21)31)24(30)22-8-6-13-27-22/h6,8-13,17,20-21,23,27,33H,3-5,7,14-16H2,1-2H3,(H,28,31)(H,29,32)/t20-,21+,23-/m0/s1. The van der Waals surface area contributed by atoms with Gasteiger partial charge in [0.05, 0.1) is 24.3 Å². The second-order valence-corrected chi connectivity index (χ2v) is 9.37. The van der Waals surface area contributed by atoms with Gasteiger partial charge in [-0.25, -0.2) is 5.48 Å². The molecule has 2 aliphatic rings. The fraction of sp³-hybridized carbons (Fsp3) is 0.500. The van der Waals surface area contributed by atoms with E-state index in [1.54, 1.807) is 23.8 Å². The molecule has 34 heavy (non-hydrogen) atoms. The van der Waals surface area contributed by atoms with Crippen molar-refractivity contribution in [2.45, 2.75) is 58.4 Å². The van der Waals surface area contributed by atoms with Gasteiger partial charge in [-0.15, -0.1) is 0 Å². The molecule has 0 aliphatic carbocycles. The number of carbonyl (C=O) groups is 3. The zero-order valence-electron chi connectivity index (χ0n) is 19.9. The number of aromatic amines is 1. The maximum absolute atomic E-state index is 13.6. The maximum Gasteiger partial charge on any atom is 0.247 e. The number of carbonyl (C=O) groups excluding carboxylic acids is 3. The molecule has 0 saturated heterocycles. The first-order valence-electron chi connectivity index (χ1n) is 12.0. The van der Waals surface area contributed by atoms with Gasteiger partial charge in [0.25, 0.3) is 0 Å². The monoisotopic (exact) mass is 469 g/mol. The molecule has 1 aromatic carbocycles. The van der Waals surface area contributed by atoms with Crippen molar-refractivity contribution in [3.8, 4) is 5.75 Å². The first-order valence-corrected chi connectivity index (χ1v) is 12.0. The number of aromatic nitrogens is 1. The molecule has 0 saturated carbocycles. The Morgan fingerprint density at radius 3 is 2.56 bits per heavy atom. The summed E-state index contributed by atoms with van der Waals surface area (Å²) >= 11 is 0. The first kappa shape index (κ1) is 25.5. The van der Waals surface area contributed by atoms with Crippen molar-refractivity contribution in [3.63, 3.8) is 0 Å². The number of ketones is 1. The van der Waals surface area contributed by atoms with Crippen LogP contribution in [-0.4, -0.2) is 40.4 Å². The van der Waals surface area contributed by atoms with Gasteiger partial charge in [0.1, 0.15) is 5.75 Å². The van der Waals surface area contributed by atoms with Crippen LogP contribution < -0.4 is 15.5 Å². The molecule has 0 fully saturated rings. The molecule has 3 atom stereocenters. The Morgan fingerprint density at radius 2 is 1.91 bits per heavy atom. The van der Waals surface area contributed by atoms with Crippen LogP contribution in [0.3, 0.4) is 0 Å². The van der Waals surface area contributed by atoms with E-state index >= 15 is 0 Å². The Kier molecular flexibility index (Phi) is 9.27. The lowest BCUT2D eigenvalue weighted by Crippen LogP contribution is -2.48. The molecule has 4 N–H and O–H groups in total. The van der Waals surface area contributed by atoms with E-state index in [1.165, 1.54) is 0 Å². The Labute approximate surface area is 200 Å².